The second-order valence-corrected chi connectivity index (χ2v) is 4.93. The summed E-state index contributed by atoms with van der Waals surface area (Å²) < 4.78 is 5.04. The van der Waals surface area contributed by atoms with Gasteiger partial charge >= 0.3 is 6.09 Å². The third-order valence-corrected chi connectivity index (χ3v) is 3.07. The summed E-state index contributed by atoms with van der Waals surface area (Å²) >= 11 is 5.85. The van der Waals surface area contributed by atoms with Crippen molar-refractivity contribution in [2.24, 2.45) is 0 Å². The zero-order valence-electron chi connectivity index (χ0n) is 10.6. The summed E-state index contributed by atoms with van der Waals surface area (Å²) in [7, 11) is 1.66. The minimum atomic E-state index is -0.353. The van der Waals surface area contributed by atoms with E-state index in [1.54, 1.807) is 25.2 Å². The number of amides is 2. The van der Waals surface area contributed by atoms with Crippen molar-refractivity contribution < 1.29 is 14.3 Å². The third kappa shape index (κ3) is 3.86. The average molecular weight is 283 g/mol. The monoisotopic (exact) mass is 282 g/mol. The Kier molecular flexibility index (Phi) is 4.27. The van der Waals surface area contributed by atoms with Gasteiger partial charge in [-0.2, -0.15) is 0 Å². The highest BCUT2D eigenvalue weighted by molar-refractivity contribution is 6.30. The van der Waals surface area contributed by atoms with Crippen molar-refractivity contribution in [2.75, 3.05) is 20.1 Å². The molecule has 2 rings (SSSR count). The molecule has 1 N–H and O–H groups in total. The molecule has 0 saturated carbocycles. The highest BCUT2D eigenvalue weighted by atomic mass is 35.5. The van der Waals surface area contributed by atoms with Gasteiger partial charge in [0.1, 0.15) is 6.10 Å². The number of likely N-dealkylation sites (N-methyl/N-ethyl adjacent to an activating group) is 1. The molecule has 1 aliphatic rings. The number of ether oxygens (including phenoxy) is 1. The van der Waals surface area contributed by atoms with Crippen molar-refractivity contribution in [3.8, 4) is 0 Å². The summed E-state index contributed by atoms with van der Waals surface area (Å²) in [4.78, 5) is 24.3. The van der Waals surface area contributed by atoms with Gasteiger partial charge in [0.2, 0.25) is 5.91 Å². The van der Waals surface area contributed by atoms with E-state index in [-0.39, 0.29) is 24.5 Å². The number of carbonyl (C=O) groups excluding carboxylic acids is 2. The molecule has 1 atom stereocenters. The van der Waals surface area contributed by atoms with Crippen LogP contribution in [0, 0.1) is 0 Å². The normalized spacial score (nSPS) is 18.3. The van der Waals surface area contributed by atoms with Crippen LogP contribution in [0.2, 0.25) is 5.02 Å². The van der Waals surface area contributed by atoms with E-state index in [1.165, 1.54) is 4.90 Å². The maximum atomic E-state index is 11.7. The Morgan fingerprint density at radius 2 is 2.37 bits per heavy atom. The van der Waals surface area contributed by atoms with Gasteiger partial charge in [0.05, 0.1) is 19.5 Å². The predicted molar refractivity (Wildman–Crippen MR) is 71.1 cm³/mol. The SMILES string of the molecule is CN1CC(CNC(=O)Cc2cccc(Cl)c2)OC1=O. The van der Waals surface area contributed by atoms with E-state index in [9.17, 15) is 9.59 Å². The van der Waals surface area contributed by atoms with Gasteiger partial charge < -0.3 is 15.0 Å². The number of hydrogen-bond donors (Lipinski definition) is 1. The molecule has 1 fully saturated rings. The summed E-state index contributed by atoms with van der Waals surface area (Å²) in [6.45, 7) is 0.825. The number of hydrogen-bond acceptors (Lipinski definition) is 3. The summed E-state index contributed by atoms with van der Waals surface area (Å²) in [6.07, 6.45) is -0.369. The molecule has 1 aliphatic heterocycles. The molecular formula is C13H15ClN2O3. The smallest absolute Gasteiger partial charge is 0.410 e. The Morgan fingerprint density at radius 1 is 1.58 bits per heavy atom. The van der Waals surface area contributed by atoms with Crippen LogP contribution in [0.15, 0.2) is 24.3 Å². The fourth-order valence-corrected chi connectivity index (χ4v) is 2.09. The summed E-state index contributed by atoms with van der Waals surface area (Å²) in [5.74, 6) is -0.118. The zero-order valence-corrected chi connectivity index (χ0v) is 11.3. The number of rotatable bonds is 4. The summed E-state index contributed by atoms with van der Waals surface area (Å²) in [5, 5.41) is 3.36. The van der Waals surface area contributed by atoms with E-state index < -0.39 is 0 Å². The topological polar surface area (TPSA) is 58.6 Å². The maximum absolute atomic E-state index is 11.7. The van der Waals surface area contributed by atoms with Crippen LogP contribution >= 0.6 is 11.6 Å². The van der Waals surface area contributed by atoms with Crippen LogP contribution in [0.3, 0.4) is 0 Å². The molecule has 0 aliphatic carbocycles. The average Bonchev–Trinajstić information content (AvgIpc) is 2.66. The quantitative estimate of drug-likeness (QED) is 0.909. The lowest BCUT2D eigenvalue weighted by molar-refractivity contribution is -0.120. The first-order valence-electron chi connectivity index (χ1n) is 5.97. The van der Waals surface area contributed by atoms with Crippen molar-refractivity contribution in [3.63, 3.8) is 0 Å². The Morgan fingerprint density at radius 3 is 3.00 bits per heavy atom. The summed E-state index contributed by atoms with van der Waals surface area (Å²) in [6, 6.07) is 7.16. The van der Waals surface area contributed by atoms with Crippen LogP contribution in [0.1, 0.15) is 5.56 Å². The lowest BCUT2D eigenvalue weighted by Crippen LogP contribution is -2.35. The van der Waals surface area contributed by atoms with Gasteiger partial charge in [-0.3, -0.25) is 4.79 Å². The number of nitrogens with one attached hydrogen (secondary N) is 1. The Hall–Kier alpha value is -1.75. The Balaban J connectivity index is 1.78. The molecule has 1 unspecified atom stereocenters. The zero-order chi connectivity index (χ0) is 13.8. The molecule has 19 heavy (non-hydrogen) atoms. The Bertz CT molecular complexity index is 493. The van der Waals surface area contributed by atoms with Crippen LogP contribution < -0.4 is 5.32 Å². The molecule has 0 aromatic heterocycles. The highest BCUT2D eigenvalue weighted by Crippen LogP contribution is 2.11. The van der Waals surface area contributed by atoms with Crippen LogP contribution in [-0.4, -0.2) is 43.1 Å². The molecular weight excluding hydrogens is 268 g/mol. The van der Waals surface area contributed by atoms with Gasteiger partial charge in [0, 0.05) is 12.1 Å². The lowest BCUT2D eigenvalue weighted by atomic mass is 10.1. The number of benzene rings is 1. The first kappa shape index (κ1) is 13.7. The largest absolute Gasteiger partial charge is 0.442 e. The molecule has 0 radical (unpaired) electrons. The molecule has 5 nitrogen and oxygen atoms in total. The second-order valence-electron chi connectivity index (χ2n) is 4.50. The van der Waals surface area contributed by atoms with Crippen LogP contribution in [0.5, 0.6) is 0 Å². The Labute approximate surface area is 116 Å². The van der Waals surface area contributed by atoms with E-state index in [4.69, 9.17) is 16.3 Å². The first-order chi connectivity index (χ1) is 9.04. The molecule has 102 valence electrons. The minimum absolute atomic E-state index is 0.118. The molecule has 1 saturated heterocycles. The molecule has 1 aromatic rings. The van der Waals surface area contributed by atoms with E-state index >= 15 is 0 Å². The number of halogens is 1. The molecule has 6 heteroatoms. The predicted octanol–water partition coefficient (Wildman–Crippen LogP) is 1.45. The van der Waals surface area contributed by atoms with E-state index in [0.29, 0.717) is 18.1 Å². The maximum Gasteiger partial charge on any atom is 0.410 e. The fourth-order valence-electron chi connectivity index (χ4n) is 1.88. The number of cyclic esters (lactones) is 1. The van der Waals surface area contributed by atoms with E-state index in [0.717, 1.165) is 5.56 Å². The van der Waals surface area contributed by atoms with Crippen molar-refractivity contribution in [1.82, 2.24) is 10.2 Å². The molecule has 0 spiro atoms. The minimum Gasteiger partial charge on any atom is -0.442 e. The van der Waals surface area contributed by atoms with Gasteiger partial charge in [-0.25, -0.2) is 4.79 Å². The summed E-state index contributed by atoms with van der Waals surface area (Å²) in [5.41, 5.74) is 0.852. The molecule has 1 heterocycles. The van der Waals surface area contributed by atoms with E-state index in [1.807, 2.05) is 6.07 Å². The molecule has 1 aromatic carbocycles. The third-order valence-electron chi connectivity index (χ3n) is 2.84. The number of nitrogens with zero attached hydrogens (tertiary/aromatic N) is 1. The standard InChI is InChI=1S/C13H15ClN2O3/c1-16-8-11(19-13(16)18)7-15-12(17)6-9-3-2-4-10(14)5-9/h2-5,11H,6-8H2,1H3,(H,15,17). The van der Waals surface area contributed by atoms with Gasteiger partial charge in [0.15, 0.2) is 0 Å². The van der Waals surface area contributed by atoms with Crippen molar-refractivity contribution >= 4 is 23.6 Å². The van der Waals surface area contributed by atoms with Gasteiger partial charge in [0.25, 0.3) is 0 Å². The number of carbonyl (C=O) groups is 2. The van der Waals surface area contributed by atoms with Crippen LogP contribution in [-0.2, 0) is 16.0 Å². The van der Waals surface area contributed by atoms with Crippen molar-refractivity contribution in [3.05, 3.63) is 34.9 Å². The fraction of sp³-hybridized carbons (Fsp3) is 0.385. The van der Waals surface area contributed by atoms with Gasteiger partial charge in [-0.15, -0.1) is 0 Å². The second kappa shape index (κ2) is 5.93. The van der Waals surface area contributed by atoms with Crippen LogP contribution in [0.4, 0.5) is 4.79 Å². The highest BCUT2D eigenvalue weighted by Gasteiger charge is 2.28. The lowest BCUT2D eigenvalue weighted by Gasteiger charge is -2.09. The van der Waals surface area contributed by atoms with Crippen molar-refractivity contribution in [1.29, 1.82) is 0 Å². The molecule has 0 bridgehead atoms. The van der Waals surface area contributed by atoms with Crippen LogP contribution in [0.25, 0.3) is 0 Å². The molecule has 2 amide bonds. The van der Waals surface area contributed by atoms with Gasteiger partial charge in [-0.1, -0.05) is 23.7 Å². The first-order valence-corrected chi connectivity index (χ1v) is 6.35. The van der Waals surface area contributed by atoms with Gasteiger partial charge in [-0.05, 0) is 17.7 Å². The van der Waals surface area contributed by atoms with Crippen molar-refractivity contribution in [2.45, 2.75) is 12.5 Å². The van der Waals surface area contributed by atoms with E-state index in [2.05, 4.69) is 5.32 Å².